The van der Waals surface area contributed by atoms with E-state index in [1.165, 1.54) is 12.8 Å². The summed E-state index contributed by atoms with van der Waals surface area (Å²) in [5, 5.41) is 9.85. The highest BCUT2D eigenvalue weighted by Gasteiger charge is 2.22. The van der Waals surface area contributed by atoms with E-state index in [-0.39, 0.29) is 0 Å². The summed E-state index contributed by atoms with van der Waals surface area (Å²) < 4.78 is 5.82. The summed E-state index contributed by atoms with van der Waals surface area (Å²) in [5.74, 6) is 0. The van der Waals surface area contributed by atoms with Gasteiger partial charge in [-0.15, -0.1) is 0 Å². The quantitative estimate of drug-likeness (QED) is 0.690. The lowest BCUT2D eigenvalue weighted by Crippen LogP contribution is -2.41. The topological polar surface area (TPSA) is 58.7 Å². The van der Waals surface area contributed by atoms with E-state index >= 15 is 0 Å². The summed E-state index contributed by atoms with van der Waals surface area (Å²) in [6.07, 6.45) is 5.70. The third-order valence-electron chi connectivity index (χ3n) is 3.65. The average Bonchev–Trinajstić information content (AvgIpc) is 2.37. The van der Waals surface area contributed by atoms with Crippen LogP contribution in [0.4, 0.5) is 0 Å². The Labute approximate surface area is 111 Å². The van der Waals surface area contributed by atoms with E-state index in [1.807, 2.05) is 6.92 Å². The molecule has 0 aromatic carbocycles. The van der Waals surface area contributed by atoms with Crippen molar-refractivity contribution in [1.29, 1.82) is 0 Å². The van der Waals surface area contributed by atoms with Gasteiger partial charge >= 0.3 is 0 Å². The fourth-order valence-corrected chi connectivity index (χ4v) is 2.42. The van der Waals surface area contributed by atoms with Crippen LogP contribution in [0.3, 0.4) is 0 Å². The molecule has 0 aliphatic carbocycles. The van der Waals surface area contributed by atoms with E-state index in [1.54, 1.807) is 0 Å². The second-order valence-corrected chi connectivity index (χ2v) is 5.74. The van der Waals surface area contributed by atoms with E-state index in [9.17, 15) is 5.11 Å². The van der Waals surface area contributed by atoms with Gasteiger partial charge in [-0.3, -0.25) is 0 Å². The fraction of sp³-hybridized carbons (Fsp3) is 1.00. The van der Waals surface area contributed by atoms with Crippen molar-refractivity contribution in [2.75, 3.05) is 32.8 Å². The lowest BCUT2D eigenvalue weighted by Gasteiger charge is -2.33. The molecule has 0 spiro atoms. The van der Waals surface area contributed by atoms with E-state index in [0.717, 1.165) is 45.5 Å². The van der Waals surface area contributed by atoms with Gasteiger partial charge in [0.05, 0.1) is 11.7 Å². The lowest BCUT2D eigenvalue weighted by atomic mass is 10.00. The van der Waals surface area contributed by atoms with Crippen LogP contribution in [0.25, 0.3) is 0 Å². The van der Waals surface area contributed by atoms with Crippen LogP contribution in [0.1, 0.15) is 46.0 Å². The summed E-state index contributed by atoms with van der Waals surface area (Å²) in [6, 6.07) is 0. The molecule has 0 aromatic heterocycles. The maximum absolute atomic E-state index is 9.85. The molecule has 1 aliphatic rings. The zero-order valence-corrected chi connectivity index (χ0v) is 12.0. The second kappa shape index (κ2) is 8.10. The Morgan fingerprint density at radius 2 is 2.28 bits per heavy atom. The van der Waals surface area contributed by atoms with Gasteiger partial charge < -0.3 is 20.5 Å². The number of hydrogen-bond donors (Lipinski definition) is 2. The fourth-order valence-electron chi connectivity index (χ4n) is 2.42. The SMILES string of the molecule is CCCOC1CCCN(CCCC(C)(O)CN)C1. The predicted octanol–water partition coefficient (Wildman–Crippen LogP) is 1.37. The van der Waals surface area contributed by atoms with Crippen molar-refractivity contribution in [3.05, 3.63) is 0 Å². The smallest absolute Gasteiger partial charge is 0.0741 e. The first-order valence-corrected chi connectivity index (χ1v) is 7.34. The molecule has 1 rings (SSSR count). The average molecular weight is 258 g/mol. The van der Waals surface area contributed by atoms with Gasteiger partial charge in [0.25, 0.3) is 0 Å². The first-order chi connectivity index (χ1) is 8.57. The zero-order valence-electron chi connectivity index (χ0n) is 12.0. The van der Waals surface area contributed by atoms with Gasteiger partial charge in [-0.25, -0.2) is 0 Å². The van der Waals surface area contributed by atoms with Crippen molar-refractivity contribution in [2.24, 2.45) is 5.73 Å². The molecule has 18 heavy (non-hydrogen) atoms. The summed E-state index contributed by atoms with van der Waals surface area (Å²) in [7, 11) is 0. The summed E-state index contributed by atoms with van der Waals surface area (Å²) in [4.78, 5) is 2.45. The first-order valence-electron chi connectivity index (χ1n) is 7.34. The summed E-state index contributed by atoms with van der Waals surface area (Å²) in [6.45, 7) is 8.44. The summed E-state index contributed by atoms with van der Waals surface area (Å²) >= 11 is 0. The molecular formula is C14H30N2O2. The van der Waals surface area contributed by atoms with E-state index < -0.39 is 5.60 Å². The number of hydrogen-bond acceptors (Lipinski definition) is 4. The molecule has 1 fully saturated rings. The maximum Gasteiger partial charge on any atom is 0.0741 e. The third kappa shape index (κ3) is 6.14. The van der Waals surface area contributed by atoms with Gasteiger partial charge in [0.15, 0.2) is 0 Å². The Bertz CT molecular complexity index is 222. The summed E-state index contributed by atoms with van der Waals surface area (Å²) in [5.41, 5.74) is 4.82. The largest absolute Gasteiger partial charge is 0.389 e. The number of nitrogens with two attached hydrogens (primary N) is 1. The van der Waals surface area contributed by atoms with Crippen LogP contribution in [0.15, 0.2) is 0 Å². The Hall–Kier alpha value is -0.160. The minimum absolute atomic E-state index is 0.342. The molecule has 0 bridgehead atoms. The van der Waals surface area contributed by atoms with Crippen LogP contribution >= 0.6 is 0 Å². The normalized spacial score (nSPS) is 25.0. The van der Waals surface area contributed by atoms with Gasteiger partial charge in [0, 0.05) is 19.7 Å². The predicted molar refractivity (Wildman–Crippen MR) is 74.6 cm³/mol. The maximum atomic E-state index is 9.85. The number of aliphatic hydroxyl groups is 1. The minimum Gasteiger partial charge on any atom is -0.389 e. The molecule has 108 valence electrons. The molecule has 1 saturated heterocycles. The number of likely N-dealkylation sites (tertiary alicyclic amines) is 1. The van der Waals surface area contributed by atoms with Crippen molar-refractivity contribution in [3.63, 3.8) is 0 Å². The monoisotopic (exact) mass is 258 g/mol. The lowest BCUT2D eigenvalue weighted by molar-refractivity contribution is -0.00317. The molecule has 4 nitrogen and oxygen atoms in total. The molecule has 4 heteroatoms. The number of ether oxygens (including phenoxy) is 1. The Balaban J connectivity index is 2.18. The highest BCUT2D eigenvalue weighted by Crippen LogP contribution is 2.16. The minimum atomic E-state index is -0.700. The third-order valence-corrected chi connectivity index (χ3v) is 3.65. The molecule has 3 N–H and O–H groups in total. The first kappa shape index (κ1) is 15.9. The van der Waals surface area contributed by atoms with Crippen LogP contribution < -0.4 is 5.73 Å². The molecule has 1 aliphatic heterocycles. The standard InChI is InChI=1S/C14H30N2O2/c1-3-10-18-13-6-4-8-16(11-13)9-5-7-14(2,17)12-15/h13,17H,3-12,15H2,1-2H3. The number of piperidine rings is 1. The molecule has 2 atom stereocenters. The highest BCUT2D eigenvalue weighted by atomic mass is 16.5. The number of rotatable bonds is 8. The Morgan fingerprint density at radius 1 is 1.50 bits per heavy atom. The Kier molecular flexibility index (Phi) is 7.15. The molecule has 1 heterocycles. The van der Waals surface area contributed by atoms with Gasteiger partial charge in [0.2, 0.25) is 0 Å². The van der Waals surface area contributed by atoms with Gasteiger partial charge in [-0.1, -0.05) is 6.92 Å². The molecular weight excluding hydrogens is 228 g/mol. The van der Waals surface area contributed by atoms with Crippen LogP contribution in [0.5, 0.6) is 0 Å². The van der Waals surface area contributed by atoms with Crippen molar-refractivity contribution >= 4 is 0 Å². The molecule has 0 aromatic rings. The van der Waals surface area contributed by atoms with Crippen LogP contribution in [-0.2, 0) is 4.74 Å². The van der Waals surface area contributed by atoms with Crippen LogP contribution in [0.2, 0.25) is 0 Å². The molecule has 0 radical (unpaired) electrons. The van der Waals surface area contributed by atoms with E-state index in [0.29, 0.717) is 12.6 Å². The Morgan fingerprint density at radius 3 is 2.94 bits per heavy atom. The van der Waals surface area contributed by atoms with Crippen molar-refractivity contribution < 1.29 is 9.84 Å². The van der Waals surface area contributed by atoms with E-state index in [2.05, 4.69) is 11.8 Å². The van der Waals surface area contributed by atoms with Crippen molar-refractivity contribution in [1.82, 2.24) is 4.90 Å². The zero-order chi connectivity index (χ0) is 13.4. The van der Waals surface area contributed by atoms with Crippen LogP contribution in [-0.4, -0.2) is 54.5 Å². The van der Waals surface area contributed by atoms with E-state index in [4.69, 9.17) is 10.5 Å². The van der Waals surface area contributed by atoms with Crippen LogP contribution in [0, 0.1) is 0 Å². The van der Waals surface area contributed by atoms with Crippen molar-refractivity contribution in [3.8, 4) is 0 Å². The molecule has 0 saturated carbocycles. The van der Waals surface area contributed by atoms with Crippen molar-refractivity contribution in [2.45, 2.75) is 57.7 Å². The molecule has 0 amide bonds. The van der Waals surface area contributed by atoms with Gasteiger partial charge in [-0.2, -0.15) is 0 Å². The highest BCUT2D eigenvalue weighted by molar-refractivity contribution is 4.77. The molecule has 2 unspecified atom stereocenters. The van der Waals surface area contributed by atoms with Gasteiger partial charge in [0.1, 0.15) is 0 Å². The van der Waals surface area contributed by atoms with Gasteiger partial charge in [-0.05, 0) is 52.1 Å². The second-order valence-electron chi connectivity index (χ2n) is 5.74. The number of nitrogens with zero attached hydrogens (tertiary/aromatic N) is 1.